The Morgan fingerprint density at radius 1 is 1.14 bits per heavy atom. The fourth-order valence-electron chi connectivity index (χ4n) is 4.79. The van der Waals surface area contributed by atoms with Crippen LogP contribution >= 0.6 is 0 Å². The molecule has 7 nitrogen and oxygen atoms in total. The molecule has 0 saturated carbocycles. The van der Waals surface area contributed by atoms with E-state index in [9.17, 15) is 9.59 Å². The van der Waals surface area contributed by atoms with Crippen molar-refractivity contribution in [2.24, 2.45) is 0 Å². The average Bonchev–Trinajstić information content (AvgIpc) is 2.88. The van der Waals surface area contributed by atoms with Crippen LogP contribution in [0.5, 0.6) is 0 Å². The molecule has 7 heteroatoms. The predicted molar refractivity (Wildman–Crippen MR) is 139 cm³/mol. The van der Waals surface area contributed by atoms with Gasteiger partial charge in [0, 0.05) is 44.3 Å². The molecule has 2 N–H and O–H groups in total. The van der Waals surface area contributed by atoms with Crippen molar-refractivity contribution in [2.75, 3.05) is 16.8 Å². The van der Waals surface area contributed by atoms with Crippen molar-refractivity contribution in [1.29, 1.82) is 5.26 Å². The molecular weight excluding hydrogens is 452 g/mol. The summed E-state index contributed by atoms with van der Waals surface area (Å²) in [5.41, 5.74) is 5.37. The zero-order chi connectivity index (χ0) is 25.7. The van der Waals surface area contributed by atoms with Crippen LogP contribution in [0, 0.1) is 11.3 Å². The van der Waals surface area contributed by atoms with E-state index in [2.05, 4.69) is 22.4 Å². The lowest BCUT2D eigenvalue weighted by atomic mass is 9.89. The van der Waals surface area contributed by atoms with Gasteiger partial charge in [0.05, 0.1) is 11.6 Å². The summed E-state index contributed by atoms with van der Waals surface area (Å²) in [4.78, 5) is 30.7. The molecule has 0 bridgehead atoms. The summed E-state index contributed by atoms with van der Waals surface area (Å²) in [6.45, 7) is 3.66. The largest absolute Gasteiger partial charge is 0.396 e. The molecule has 0 radical (unpaired) electrons. The van der Waals surface area contributed by atoms with Crippen LogP contribution in [0.15, 0.2) is 60.8 Å². The zero-order valence-electron chi connectivity index (χ0n) is 20.6. The molecule has 0 unspecified atom stereocenters. The lowest BCUT2D eigenvalue weighted by Crippen LogP contribution is -2.43. The second-order valence-corrected chi connectivity index (χ2v) is 9.23. The first-order valence-corrected chi connectivity index (χ1v) is 12.2. The van der Waals surface area contributed by atoms with Gasteiger partial charge in [-0.2, -0.15) is 5.26 Å². The molecule has 3 aromatic rings. The lowest BCUT2D eigenvalue weighted by molar-refractivity contribution is -0.119. The van der Waals surface area contributed by atoms with E-state index in [0.717, 1.165) is 27.9 Å². The first kappa shape index (κ1) is 25.1. The van der Waals surface area contributed by atoms with Crippen LogP contribution in [0.2, 0.25) is 0 Å². The van der Waals surface area contributed by atoms with Crippen molar-refractivity contribution in [3.63, 3.8) is 0 Å². The van der Waals surface area contributed by atoms with E-state index in [0.29, 0.717) is 37.1 Å². The van der Waals surface area contributed by atoms with Crippen LogP contribution in [0.1, 0.15) is 55.8 Å². The van der Waals surface area contributed by atoms with Gasteiger partial charge < -0.3 is 15.3 Å². The Labute approximate surface area is 211 Å². The smallest absolute Gasteiger partial charge is 0.224 e. The minimum Gasteiger partial charge on any atom is -0.396 e. The Hall–Kier alpha value is -4.02. The highest BCUT2D eigenvalue weighted by molar-refractivity contribution is 5.94. The Bertz CT molecular complexity index is 1280. The number of anilines is 2. The van der Waals surface area contributed by atoms with E-state index in [-0.39, 0.29) is 30.4 Å². The molecule has 2 atom stereocenters. The van der Waals surface area contributed by atoms with Gasteiger partial charge in [0.2, 0.25) is 5.91 Å². The molecule has 184 valence electrons. The summed E-state index contributed by atoms with van der Waals surface area (Å²) >= 11 is 0. The van der Waals surface area contributed by atoms with Crippen LogP contribution in [-0.2, 0) is 16.0 Å². The SMILES string of the molecule is CC(=O)N1c2ccc(-c3ccc(CC(=O)CCCO)cc3)cc2[C@H](Nc2ccc(C#N)cn2)C[C@@H]1C. The summed E-state index contributed by atoms with van der Waals surface area (Å²) < 4.78 is 0. The highest BCUT2D eigenvalue weighted by atomic mass is 16.3. The fraction of sp³-hybridized carbons (Fsp3) is 0.310. The first-order chi connectivity index (χ1) is 17.4. The number of aromatic nitrogens is 1. The average molecular weight is 483 g/mol. The van der Waals surface area contributed by atoms with E-state index in [4.69, 9.17) is 10.4 Å². The molecule has 1 aliphatic heterocycles. The van der Waals surface area contributed by atoms with Gasteiger partial charge in [-0.25, -0.2) is 4.98 Å². The van der Waals surface area contributed by atoms with Gasteiger partial charge in [0.1, 0.15) is 17.7 Å². The quantitative estimate of drug-likeness (QED) is 0.478. The van der Waals surface area contributed by atoms with Crippen molar-refractivity contribution < 1.29 is 14.7 Å². The molecule has 0 fully saturated rings. The molecule has 0 saturated heterocycles. The van der Waals surface area contributed by atoms with Crippen molar-refractivity contribution in [3.8, 4) is 17.2 Å². The Morgan fingerprint density at radius 3 is 2.53 bits per heavy atom. The minimum atomic E-state index is -0.0607. The number of carbonyl (C=O) groups excluding carboxylic acids is 2. The van der Waals surface area contributed by atoms with Crippen LogP contribution in [0.25, 0.3) is 11.1 Å². The first-order valence-electron chi connectivity index (χ1n) is 12.2. The molecule has 1 amide bonds. The zero-order valence-corrected chi connectivity index (χ0v) is 20.6. The van der Waals surface area contributed by atoms with Gasteiger partial charge in [0.25, 0.3) is 0 Å². The maximum Gasteiger partial charge on any atom is 0.224 e. The highest BCUT2D eigenvalue weighted by Gasteiger charge is 2.32. The molecule has 1 aliphatic rings. The maximum atomic E-state index is 12.5. The molecule has 1 aromatic heterocycles. The van der Waals surface area contributed by atoms with Gasteiger partial charge in [0.15, 0.2) is 0 Å². The van der Waals surface area contributed by atoms with E-state index < -0.39 is 0 Å². The number of nitrogens with one attached hydrogen (secondary N) is 1. The normalized spacial score (nSPS) is 16.7. The van der Waals surface area contributed by atoms with Gasteiger partial charge in [-0.15, -0.1) is 0 Å². The molecule has 36 heavy (non-hydrogen) atoms. The third-order valence-electron chi connectivity index (χ3n) is 6.54. The van der Waals surface area contributed by atoms with Crippen LogP contribution < -0.4 is 10.2 Å². The van der Waals surface area contributed by atoms with Crippen LogP contribution in [0.3, 0.4) is 0 Å². The van der Waals surface area contributed by atoms with Crippen molar-refractivity contribution in [2.45, 2.75) is 51.6 Å². The van der Waals surface area contributed by atoms with Crippen molar-refractivity contribution in [1.82, 2.24) is 4.98 Å². The summed E-state index contributed by atoms with van der Waals surface area (Å²) in [6, 6.07) is 19.6. The van der Waals surface area contributed by atoms with Crippen molar-refractivity contribution >= 4 is 23.2 Å². The predicted octanol–water partition coefficient (Wildman–Crippen LogP) is 4.80. The molecule has 2 heterocycles. The Kier molecular flexibility index (Phi) is 7.77. The second-order valence-electron chi connectivity index (χ2n) is 9.23. The summed E-state index contributed by atoms with van der Waals surface area (Å²) in [5.74, 6) is 0.796. The third-order valence-corrected chi connectivity index (χ3v) is 6.54. The van der Waals surface area contributed by atoms with E-state index in [1.54, 1.807) is 25.3 Å². The number of fused-ring (bicyclic) bond motifs is 1. The van der Waals surface area contributed by atoms with Gasteiger partial charge >= 0.3 is 0 Å². The van der Waals surface area contributed by atoms with Gasteiger partial charge in [-0.1, -0.05) is 30.3 Å². The number of hydrogen-bond donors (Lipinski definition) is 2. The molecule has 0 aliphatic carbocycles. The fourth-order valence-corrected chi connectivity index (χ4v) is 4.79. The number of benzene rings is 2. The topological polar surface area (TPSA) is 106 Å². The molecular formula is C29H30N4O3. The number of pyridine rings is 1. The second kappa shape index (κ2) is 11.1. The molecule has 4 rings (SSSR count). The number of Topliss-reactive ketones (excluding diaryl/α,β-unsaturated/α-hetero) is 1. The lowest BCUT2D eigenvalue weighted by Gasteiger charge is -2.39. The number of aliphatic hydroxyl groups excluding tert-OH is 1. The number of nitriles is 1. The molecule has 2 aromatic carbocycles. The Balaban J connectivity index is 1.63. The highest BCUT2D eigenvalue weighted by Crippen LogP contribution is 2.41. The van der Waals surface area contributed by atoms with E-state index in [1.807, 2.05) is 48.2 Å². The van der Waals surface area contributed by atoms with Crippen LogP contribution in [0.4, 0.5) is 11.5 Å². The third kappa shape index (κ3) is 5.61. The number of amides is 1. The number of carbonyl (C=O) groups is 2. The van der Waals surface area contributed by atoms with E-state index >= 15 is 0 Å². The number of nitrogens with zero attached hydrogens (tertiary/aromatic N) is 3. The standard InChI is InChI=1S/C29H30N4O3/c1-19-14-27(32-29-12-7-22(17-30)18-31-29)26-16-24(10-11-28(26)33(19)20(2)35)23-8-5-21(6-9-23)15-25(36)4-3-13-34/h5-12,16,18-19,27,34H,3-4,13-15H2,1-2H3,(H,31,32)/t19-,27+/m0/s1. The number of hydrogen-bond acceptors (Lipinski definition) is 6. The summed E-state index contributed by atoms with van der Waals surface area (Å²) in [7, 11) is 0. The number of ketones is 1. The maximum absolute atomic E-state index is 12.5. The summed E-state index contributed by atoms with van der Waals surface area (Å²) in [5, 5.41) is 21.5. The minimum absolute atomic E-state index is 0.00154. The molecule has 0 spiro atoms. The van der Waals surface area contributed by atoms with Crippen molar-refractivity contribution in [3.05, 3.63) is 77.5 Å². The summed E-state index contributed by atoms with van der Waals surface area (Å²) in [6.07, 6.45) is 3.50. The number of aliphatic hydroxyl groups is 1. The van der Waals surface area contributed by atoms with Gasteiger partial charge in [-0.3, -0.25) is 9.59 Å². The van der Waals surface area contributed by atoms with Gasteiger partial charge in [-0.05, 0) is 66.3 Å². The van der Waals surface area contributed by atoms with Crippen LogP contribution in [-0.4, -0.2) is 34.4 Å². The van der Waals surface area contributed by atoms with E-state index in [1.165, 1.54) is 0 Å². The Morgan fingerprint density at radius 2 is 1.89 bits per heavy atom. The number of rotatable bonds is 8. The monoisotopic (exact) mass is 482 g/mol.